The van der Waals surface area contributed by atoms with Gasteiger partial charge in [-0.15, -0.1) is 0 Å². The smallest absolute Gasteiger partial charge is 0.255 e. The van der Waals surface area contributed by atoms with E-state index in [9.17, 15) is 9.59 Å². The van der Waals surface area contributed by atoms with Gasteiger partial charge in [-0.2, -0.15) is 5.10 Å². The van der Waals surface area contributed by atoms with Gasteiger partial charge in [-0.05, 0) is 48.5 Å². The maximum Gasteiger partial charge on any atom is 0.255 e. The van der Waals surface area contributed by atoms with Gasteiger partial charge in [-0.1, -0.05) is 23.4 Å². The summed E-state index contributed by atoms with van der Waals surface area (Å²) in [6.07, 6.45) is 1.38. The number of amides is 2. The van der Waals surface area contributed by atoms with Gasteiger partial charge in [0.1, 0.15) is 6.33 Å². The fourth-order valence-corrected chi connectivity index (χ4v) is 2.74. The molecule has 9 heteroatoms. The second kappa shape index (κ2) is 8.50. The molecule has 1 aromatic heterocycles. The molecule has 0 aliphatic carbocycles. The zero-order valence-electron chi connectivity index (χ0n) is 13.4. The number of thioether (sulfide) groups is 1. The number of aromatic nitrogens is 3. The van der Waals surface area contributed by atoms with Crippen molar-refractivity contribution >= 4 is 46.6 Å². The van der Waals surface area contributed by atoms with E-state index in [0.717, 1.165) is 0 Å². The van der Waals surface area contributed by atoms with E-state index < -0.39 is 0 Å². The van der Waals surface area contributed by atoms with Gasteiger partial charge in [0.05, 0.1) is 5.75 Å². The summed E-state index contributed by atoms with van der Waals surface area (Å²) < 4.78 is 0. The maximum absolute atomic E-state index is 12.2. The highest BCUT2D eigenvalue weighted by atomic mass is 35.5. The van der Waals surface area contributed by atoms with Crippen LogP contribution in [0.5, 0.6) is 0 Å². The van der Waals surface area contributed by atoms with E-state index in [1.807, 2.05) is 0 Å². The van der Waals surface area contributed by atoms with Gasteiger partial charge in [-0.3, -0.25) is 14.7 Å². The second-order valence-electron chi connectivity index (χ2n) is 5.17. The number of benzene rings is 2. The first-order chi connectivity index (χ1) is 12.6. The summed E-state index contributed by atoms with van der Waals surface area (Å²) in [5.41, 5.74) is 1.74. The monoisotopic (exact) mass is 387 g/mol. The zero-order chi connectivity index (χ0) is 18.4. The largest absolute Gasteiger partial charge is 0.325 e. The highest BCUT2D eigenvalue weighted by Crippen LogP contribution is 2.16. The van der Waals surface area contributed by atoms with Crippen molar-refractivity contribution < 1.29 is 9.59 Å². The topological polar surface area (TPSA) is 99.8 Å². The Morgan fingerprint density at radius 1 is 1.00 bits per heavy atom. The van der Waals surface area contributed by atoms with E-state index in [4.69, 9.17) is 11.6 Å². The number of carbonyl (C=O) groups is 2. The molecule has 26 heavy (non-hydrogen) atoms. The summed E-state index contributed by atoms with van der Waals surface area (Å²) in [4.78, 5) is 28.1. The molecule has 7 nitrogen and oxygen atoms in total. The molecule has 0 atom stereocenters. The highest BCUT2D eigenvalue weighted by molar-refractivity contribution is 7.99. The number of nitrogens with zero attached hydrogens (tertiary/aromatic N) is 2. The van der Waals surface area contributed by atoms with Crippen molar-refractivity contribution in [3.8, 4) is 0 Å². The second-order valence-corrected chi connectivity index (χ2v) is 6.57. The maximum atomic E-state index is 12.2. The minimum atomic E-state index is -0.244. The molecule has 2 aromatic carbocycles. The molecule has 3 aromatic rings. The minimum Gasteiger partial charge on any atom is -0.325 e. The molecule has 3 rings (SSSR count). The van der Waals surface area contributed by atoms with Crippen molar-refractivity contribution in [3.63, 3.8) is 0 Å². The Morgan fingerprint density at radius 3 is 2.31 bits per heavy atom. The van der Waals surface area contributed by atoms with E-state index in [0.29, 0.717) is 27.1 Å². The van der Waals surface area contributed by atoms with Crippen molar-refractivity contribution in [2.24, 2.45) is 0 Å². The van der Waals surface area contributed by atoms with Crippen LogP contribution in [0.15, 0.2) is 60.0 Å². The first-order valence-corrected chi connectivity index (χ1v) is 8.91. The summed E-state index contributed by atoms with van der Waals surface area (Å²) in [5, 5.41) is 13.1. The van der Waals surface area contributed by atoms with E-state index in [1.165, 1.54) is 18.1 Å². The Kier molecular flexibility index (Phi) is 5.88. The van der Waals surface area contributed by atoms with Crippen LogP contribution < -0.4 is 10.6 Å². The predicted molar refractivity (Wildman–Crippen MR) is 102 cm³/mol. The number of anilines is 2. The minimum absolute atomic E-state index is 0.176. The number of aromatic amines is 1. The molecular formula is C17H14ClN5O2S. The lowest BCUT2D eigenvalue weighted by Gasteiger charge is -2.07. The van der Waals surface area contributed by atoms with Crippen LogP contribution in [0.4, 0.5) is 11.4 Å². The average Bonchev–Trinajstić information content (AvgIpc) is 3.16. The van der Waals surface area contributed by atoms with Crippen LogP contribution in [-0.4, -0.2) is 32.7 Å². The third-order valence-electron chi connectivity index (χ3n) is 3.27. The standard InChI is InChI=1S/C17H14ClN5O2S/c18-12-3-7-14(8-4-12)22-16(25)11-1-5-13(6-2-11)21-15(24)9-26-17-19-10-20-23-17/h1-8,10H,9H2,(H,21,24)(H,22,25)(H,19,20,23). The number of rotatable bonds is 6. The summed E-state index contributed by atoms with van der Waals surface area (Å²) in [7, 11) is 0. The van der Waals surface area contributed by atoms with Crippen LogP contribution in [0, 0.1) is 0 Å². The van der Waals surface area contributed by atoms with Crippen LogP contribution in [-0.2, 0) is 4.79 Å². The van der Waals surface area contributed by atoms with E-state index in [1.54, 1.807) is 48.5 Å². The Balaban J connectivity index is 1.53. The Labute approximate surface area is 158 Å². The lowest BCUT2D eigenvalue weighted by Crippen LogP contribution is -2.15. The summed E-state index contributed by atoms with van der Waals surface area (Å²) in [6.45, 7) is 0. The van der Waals surface area contributed by atoms with Gasteiger partial charge in [0, 0.05) is 22.0 Å². The summed E-state index contributed by atoms with van der Waals surface area (Å²) in [6, 6.07) is 13.5. The van der Waals surface area contributed by atoms with Gasteiger partial charge < -0.3 is 10.6 Å². The number of H-pyrrole nitrogens is 1. The molecule has 0 spiro atoms. The molecule has 0 fully saturated rings. The molecule has 0 aliphatic rings. The van der Waals surface area contributed by atoms with Gasteiger partial charge in [0.25, 0.3) is 5.91 Å². The highest BCUT2D eigenvalue weighted by Gasteiger charge is 2.08. The van der Waals surface area contributed by atoms with E-state index in [-0.39, 0.29) is 17.6 Å². The van der Waals surface area contributed by atoms with Crippen LogP contribution >= 0.6 is 23.4 Å². The van der Waals surface area contributed by atoms with Crippen molar-refractivity contribution in [2.75, 3.05) is 16.4 Å². The zero-order valence-corrected chi connectivity index (χ0v) is 15.0. The Morgan fingerprint density at radius 2 is 1.65 bits per heavy atom. The molecule has 2 amide bonds. The van der Waals surface area contributed by atoms with E-state index in [2.05, 4.69) is 25.8 Å². The van der Waals surface area contributed by atoms with Crippen molar-refractivity contribution in [1.29, 1.82) is 0 Å². The van der Waals surface area contributed by atoms with E-state index >= 15 is 0 Å². The first-order valence-electron chi connectivity index (χ1n) is 7.55. The van der Waals surface area contributed by atoms with Crippen molar-refractivity contribution in [2.45, 2.75) is 5.16 Å². The molecule has 3 N–H and O–H groups in total. The molecule has 132 valence electrons. The van der Waals surface area contributed by atoms with Gasteiger partial charge >= 0.3 is 0 Å². The predicted octanol–water partition coefficient (Wildman–Crippen LogP) is 3.44. The van der Waals surface area contributed by atoms with Crippen LogP contribution in [0.3, 0.4) is 0 Å². The molecule has 0 aliphatic heterocycles. The quantitative estimate of drug-likeness (QED) is 0.562. The number of halogens is 1. The Hall–Kier alpha value is -2.84. The molecule has 0 saturated heterocycles. The Bertz CT molecular complexity index is 883. The lowest BCUT2D eigenvalue weighted by atomic mass is 10.2. The third kappa shape index (κ3) is 5.08. The fraction of sp³-hybridized carbons (Fsp3) is 0.0588. The van der Waals surface area contributed by atoms with Crippen LogP contribution in [0.25, 0.3) is 0 Å². The number of hydrogen-bond donors (Lipinski definition) is 3. The lowest BCUT2D eigenvalue weighted by molar-refractivity contribution is -0.113. The molecule has 1 heterocycles. The molecule has 0 unspecified atom stereocenters. The summed E-state index contributed by atoms with van der Waals surface area (Å²) >= 11 is 7.07. The number of carbonyl (C=O) groups excluding carboxylic acids is 2. The van der Waals surface area contributed by atoms with Crippen molar-refractivity contribution in [1.82, 2.24) is 15.2 Å². The fourth-order valence-electron chi connectivity index (χ4n) is 2.04. The average molecular weight is 388 g/mol. The SMILES string of the molecule is O=C(CSc1ncn[nH]1)Nc1ccc(C(=O)Nc2ccc(Cl)cc2)cc1. The molecule has 0 radical (unpaired) electrons. The van der Waals surface area contributed by atoms with Crippen LogP contribution in [0.2, 0.25) is 5.02 Å². The van der Waals surface area contributed by atoms with Gasteiger partial charge in [0.15, 0.2) is 5.16 Å². The molecular weight excluding hydrogens is 374 g/mol. The van der Waals surface area contributed by atoms with Crippen molar-refractivity contribution in [3.05, 3.63) is 65.4 Å². The van der Waals surface area contributed by atoms with Gasteiger partial charge in [0.2, 0.25) is 5.91 Å². The van der Waals surface area contributed by atoms with Crippen LogP contribution in [0.1, 0.15) is 10.4 Å². The molecule has 0 bridgehead atoms. The normalized spacial score (nSPS) is 10.3. The number of nitrogens with one attached hydrogen (secondary N) is 3. The first kappa shape index (κ1) is 18.0. The van der Waals surface area contributed by atoms with Gasteiger partial charge in [-0.25, -0.2) is 4.98 Å². The number of hydrogen-bond acceptors (Lipinski definition) is 5. The molecule has 0 saturated carbocycles. The summed E-state index contributed by atoms with van der Waals surface area (Å²) in [5.74, 6) is -0.218. The third-order valence-corrected chi connectivity index (χ3v) is 4.39.